The molecule has 17 heavy (non-hydrogen) atoms. The molecule has 0 bridgehead atoms. The molecule has 4 nitrogen and oxygen atoms in total. The summed E-state index contributed by atoms with van der Waals surface area (Å²) in [5.74, 6) is 0.260. The van der Waals surface area contributed by atoms with Gasteiger partial charge in [-0.05, 0) is 47.1 Å². The molecule has 0 saturated heterocycles. The highest BCUT2D eigenvalue weighted by molar-refractivity contribution is 9.10. The lowest BCUT2D eigenvalue weighted by atomic mass is 10.3. The number of halogens is 1. The Kier molecular flexibility index (Phi) is 3.49. The quantitative estimate of drug-likeness (QED) is 0.926. The van der Waals surface area contributed by atoms with Gasteiger partial charge in [-0.1, -0.05) is 6.07 Å². The van der Waals surface area contributed by atoms with Crippen molar-refractivity contribution in [2.24, 2.45) is 0 Å². The number of carbonyl (C=O) groups excluding carboxylic acids is 1. The lowest BCUT2D eigenvalue weighted by Gasteiger charge is -2.04. The van der Waals surface area contributed by atoms with E-state index in [2.05, 4.69) is 31.2 Å². The minimum absolute atomic E-state index is 0.268. The number of nitrogens with one attached hydrogen (secondary N) is 1. The number of carbonyl (C=O) groups is 1. The molecule has 1 amide bonds. The first-order chi connectivity index (χ1) is 8.15. The van der Waals surface area contributed by atoms with E-state index >= 15 is 0 Å². The van der Waals surface area contributed by atoms with Crippen LogP contribution in [-0.2, 0) is 0 Å². The van der Waals surface area contributed by atoms with Gasteiger partial charge in [-0.3, -0.25) is 4.79 Å². The Bertz CT molecular complexity index is 540. The Labute approximate surface area is 107 Å². The second-order valence-corrected chi connectivity index (χ2v) is 4.40. The molecule has 0 fully saturated rings. The van der Waals surface area contributed by atoms with E-state index in [1.165, 1.54) is 0 Å². The van der Waals surface area contributed by atoms with Crippen molar-refractivity contribution in [1.82, 2.24) is 9.97 Å². The third kappa shape index (κ3) is 3.10. The lowest BCUT2D eigenvalue weighted by molar-refractivity contribution is 0.102. The first kappa shape index (κ1) is 11.7. The Morgan fingerprint density at radius 3 is 2.76 bits per heavy atom. The topological polar surface area (TPSA) is 54.9 Å². The third-order valence-electron chi connectivity index (χ3n) is 2.09. The predicted molar refractivity (Wildman–Crippen MR) is 68.9 cm³/mol. The number of nitrogens with zero attached hydrogens (tertiary/aromatic N) is 2. The number of amides is 1. The molecular formula is C12H10BrN3O. The van der Waals surface area contributed by atoms with E-state index in [1.54, 1.807) is 24.4 Å². The fourth-order valence-corrected chi connectivity index (χ4v) is 1.54. The van der Waals surface area contributed by atoms with E-state index in [0.717, 1.165) is 10.2 Å². The van der Waals surface area contributed by atoms with Crippen LogP contribution in [0.4, 0.5) is 5.82 Å². The first-order valence-corrected chi connectivity index (χ1v) is 5.81. The molecule has 1 N–H and O–H groups in total. The molecule has 0 aliphatic rings. The monoisotopic (exact) mass is 291 g/mol. The van der Waals surface area contributed by atoms with Crippen LogP contribution >= 0.6 is 15.9 Å². The van der Waals surface area contributed by atoms with Gasteiger partial charge in [0.05, 0.1) is 0 Å². The van der Waals surface area contributed by atoms with Gasteiger partial charge >= 0.3 is 0 Å². The molecule has 2 aromatic rings. The number of aryl methyl sites for hydroxylation is 1. The summed E-state index contributed by atoms with van der Waals surface area (Å²) < 4.78 is 0.836. The summed E-state index contributed by atoms with van der Waals surface area (Å²) in [6.45, 7) is 1.87. The van der Waals surface area contributed by atoms with Crippen LogP contribution in [0.1, 0.15) is 16.2 Å². The minimum Gasteiger partial charge on any atom is -0.305 e. The zero-order chi connectivity index (χ0) is 12.3. The molecule has 0 aliphatic heterocycles. The molecule has 0 atom stereocenters. The molecule has 5 heteroatoms. The van der Waals surface area contributed by atoms with Gasteiger partial charge in [-0.2, -0.15) is 0 Å². The van der Waals surface area contributed by atoms with Crippen molar-refractivity contribution in [3.05, 3.63) is 52.4 Å². The predicted octanol–water partition coefficient (Wildman–Crippen LogP) is 2.80. The van der Waals surface area contributed by atoms with Crippen molar-refractivity contribution < 1.29 is 4.79 Å². The fraction of sp³-hybridized carbons (Fsp3) is 0.0833. The molecule has 2 heterocycles. The summed E-state index contributed by atoms with van der Waals surface area (Å²) in [7, 11) is 0. The number of pyridine rings is 2. The Hall–Kier alpha value is -1.75. The van der Waals surface area contributed by atoms with Crippen LogP contribution in [0.15, 0.2) is 41.0 Å². The highest BCUT2D eigenvalue weighted by Crippen LogP contribution is 2.09. The van der Waals surface area contributed by atoms with Crippen LogP contribution in [0.3, 0.4) is 0 Å². The lowest BCUT2D eigenvalue weighted by Crippen LogP contribution is -2.14. The summed E-state index contributed by atoms with van der Waals surface area (Å²) in [6.07, 6.45) is 1.58. The molecule has 0 aliphatic carbocycles. The molecule has 0 unspecified atom stereocenters. The first-order valence-electron chi connectivity index (χ1n) is 5.02. The number of hydrogen-bond acceptors (Lipinski definition) is 3. The maximum absolute atomic E-state index is 11.8. The summed E-state index contributed by atoms with van der Waals surface area (Å²) >= 11 is 3.26. The Morgan fingerprint density at radius 1 is 1.29 bits per heavy atom. The molecule has 0 aromatic carbocycles. The second kappa shape index (κ2) is 5.05. The molecule has 0 spiro atoms. The van der Waals surface area contributed by atoms with E-state index in [1.807, 2.05) is 19.1 Å². The van der Waals surface area contributed by atoms with Crippen molar-refractivity contribution in [3.8, 4) is 0 Å². The molecule has 86 valence electrons. The SMILES string of the molecule is Cc1cccc(NC(=O)c2ccc(Br)cn2)n1. The average molecular weight is 292 g/mol. The number of hydrogen-bond donors (Lipinski definition) is 1. The van der Waals surface area contributed by atoms with Crippen LogP contribution < -0.4 is 5.32 Å². The van der Waals surface area contributed by atoms with Gasteiger partial charge in [0.25, 0.3) is 5.91 Å². The van der Waals surface area contributed by atoms with Gasteiger partial charge in [0.15, 0.2) is 0 Å². The van der Waals surface area contributed by atoms with Gasteiger partial charge in [-0.15, -0.1) is 0 Å². The number of rotatable bonds is 2. The number of aromatic nitrogens is 2. The number of anilines is 1. The Morgan fingerprint density at radius 2 is 2.12 bits per heavy atom. The van der Waals surface area contributed by atoms with Crippen LogP contribution in [0.5, 0.6) is 0 Å². The van der Waals surface area contributed by atoms with Crippen molar-refractivity contribution >= 4 is 27.7 Å². The van der Waals surface area contributed by atoms with Gasteiger partial charge in [-0.25, -0.2) is 9.97 Å². The average Bonchev–Trinajstić information content (AvgIpc) is 2.29. The molecule has 2 aromatic heterocycles. The highest BCUT2D eigenvalue weighted by atomic mass is 79.9. The minimum atomic E-state index is -0.268. The normalized spacial score (nSPS) is 10.0. The molecule has 0 saturated carbocycles. The summed E-state index contributed by atoms with van der Waals surface area (Å²) in [6, 6.07) is 8.87. The van der Waals surface area contributed by atoms with E-state index in [4.69, 9.17) is 0 Å². The van der Waals surface area contributed by atoms with Crippen LogP contribution in [0.25, 0.3) is 0 Å². The van der Waals surface area contributed by atoms with Crippen molar-refractivity contribution in [1.29, 1.82) is 0 Å². The standard InChI is InChI=1S/C12H10BrN3O/c1-8-3-2-4-11(15-8)16-12(17)10-6-5-9(13)7-14-10/h2-7H,1H3,(H,15,16,17). The van der Waals surface area contributed by atoms with E-state index in [9.17, 15) is 4.79 Å². The van der Waals surface area contributed by atoms with Crippen molar-refractivity contribution in [2.75, 3.05) is 5.32 Å². The van der Waals surface area contributed by atoms with Crippen molar-refractivity contribution in [3.63, 3.8) is 0 Å². The highest BCUT2D eigenvalue weighted by Gasteiger charge is 2.07. The largest absolute Gasteiger partial charge is 0.305 e. The zero-order valence-electron chi connectivity index (χ0n) is 9.14. The van der Waals surface area contributed by atoms with Crippen LogP contribution in [-0.4, -0.2) is 15.9 Å². The second-order valence-electron chi connectivity index (χ2n) is 3.48. The van der Waals surface area contributed by atoms with E-state index in [-0.39, 0.29) is 5.91 Å². The fourth-order valence-electron chi connectivity index (χ4n) is 1.30. The van der Waals surface area contributed by atoms with Crippen LogP contribution in [0, 0.1) is 6.92 Å². The van der Waals surface area contributed by atoms with Gasteiger partial charge in [0.2, 0.25) is 0 Å². The maximum Gasteiger partial charge on any atom is 0.275 e. The van der Waals surface area contributed by atoms with E-state index < -0.39 is 0 Å². The van der Waals surface area contributed by atoms with Crippen LogP contribution in [0.2, 0.25) is 0 Å². The summed E-state index contributed by atoms with van der Waals surface area (Å²) in [4.78, 5) is 20.0. The smallest absolute Gasteiger partial charge is 0.275 e. The van der Waals surface area contributed by atoms with Gasteiger partial charge in [0, 0.05) is 16.4 Å². The van der Waals surface area contributed by atoms with E-state index in [0.29, 0.717) is 11.5 Å². The third-order valence-corrected chi connectivity index (χ3v) is 2.56. The molecule has 0 radical (unpaired) electrons. The molecular weight excluding hydrogens is 282 g/mol. The summed E-state index contributed by atoms with van der Waals surface area (Å²) in [5, 5.41) is 2.69. The zero-order valence-corrected chi connectivity index (χ0v) is 10.7. The molecule has 2 rings (SSSR count). The Balaban J connectivity index is 2.14. The van der Waals surface area contributed by atoms with Gasteiger partial charge < -0.3 is 5.32 Å². The van der Waals surface area contributed by atoms with Crippen molar-refractivity contribution in [2.45, 2.75) is 6.92 Å². The summed E-state index contributed by atoms with van der Waals surface area (Å²) in [5.41, 5.74) is 1.21. The van der Waals surface area contributed by atoms with Gasteiger partial charge in [0.1, 0.15) is 11.5 Å². The maximum atomic E-state index is 11.8.